The van der Waals surface area contributed by atoms with E-state index in [-0.39, 0.29) is 11.8 Å². The fraction of sp³-hybridized carbons (Fsp3) is 0.318. The Kier molecular flexibility index (Phi) is 4.86. The summed E-state index contributed by atoms with van der Waals surface area (Å²) >= 11 is 0. The zero-order valence-corrected chi connectivity index (χ0v) is 16.3. The second-order valence-corrected chi connectivity index (χ2v) is 7.30. The van der Waals surface area contributed by atoms with Gasteiger partial charge in [0.2, 0.25) is 17.6 Å². The van der Waals surface area contributed by atoms with Crippen molar-refractivity contribution in [3.05, 3.63) is 65.0 Å². The van der Waals surface area contributed by atoms with Crippen molar-refractivity contribution in [2.75, 3.05) is 13.7 Å². The summed E-state index contributed by atoms with van der Waals surface area (Å²) in [5.74, 6) is 1.91. The monoisotopic (exact) mass is 377 g/mol. The molecule has 144 valence electrons. The first-order chi connectivity index (χ1) is 13.5. The second-order valence-electron chi connectivity index (χ2n) is 7.30. The Bertz CT molecular complexity index is 1010. The molecule has 1 aliphatic heterocycles. The van der Waals surface area contributed by atoms with Crippen molar-refractivity contribution in [3.63, 3.8) is 0 Å². The molecule has 6 heteroatoms. The van der Waals surface area contributed by atoms with E-state index >= 15 is 0 Å². The van der Waals surface area contributed by atoms with Crippen LogP contribution in [0.3, 0.4) is 0 Å². The van der Waals surface area contributed by atoms with E-state index in [0.29, 0.717) is 31.2 Å². The molecule has 0 bridgehead atoms. The highest BCUT2D eigenvalue weighted by molar-refractivity contribution is 5.79. The van der Waals surface area contributed by atoms with Gasteiger partial charge < -0.3 is 14.2 Å². The van der Waals surface area contributed by atoms with Crippen molar-refractivity contribution in [3.8, 4) is 17.1 Å². The Balaban J connectivity index is 1.50. The van der Waals surface area contributed by atoms with Crippen LogP contribution in [0.2, 0.25) is 0 Å². The molecule has 4 rings (SSSR count). The smallest absolute Gasteiger partial charge is 0.232 e. The standard InChI is InChI=1S/C22H23N3O3/c1-14-7-8-15(2)19(9-14)21-23-22(28-24-21)17-11-20(26)25(13-17)12-16-5-4-6-18(10-16)27-3/h4-10,17H,11-13H2,1-3H3. The van der Waals surface area contributed by atoms with E-state index < -0.39 is 0 Å². The predicted octanol–water partition coefficient (Wildman–Crippen LogP) is 3.88. The first-order valence-corrected chi connectivity index (χ1v) is 9.35. The number of hydrogen-bond donors (Lipinski definition) is 0. The van der Waals surface area contributed by atoms with E-state index in [4.69, 9.17) is 9.26 Å². The van der Waals surface area contributed by atoms with Gasteiger partial charge in [-0.1, -0.05) is 35.0 Å². The molecule has 1 amide bonds. The number of ether oxygens (including phenoxy) is 1. The second kappa shape index (κ2) is 7.46. The molecule has 3 aromatic rings. The fourth-order valence-corrected chi connectivity index (χ4v) is 3.57. The van der Waals surface area contributed by atoms with Crippen LogP contribution in [0.4, 0.5) is 0 Å². The van der Waals surface area contributed by atoms with E-state index in [1.165, 1.54) is 0 Å². The van der Waals surface area contributed by atoms with Gasteiger partial charge in [0.15, 0.2) is 0 Å². The zero-order chi connectivity index (χ0) is 19.7. The van der Waals surface area contributed by atoms with E-state index in [0.717, 1.165) is 28.0 Å². The molecule has 0 N–H and O–H groups in total. The maximum Gasteiger partial charge on any atom is 0.232 e. The van der Waals surface area contributed by atoms with Crippen molar-refractivity contribution in [2.45, 2.75) is 32.7 Å². The molecule has 2 aromatic carbocycles. The minimum absolute atomic E-state index is 0.0792. The molecule has 28 heavy (non-hydrogen) atoms. The van der Waals surface area contributed by atoms with Gasteiger partial charge in [0.25, 0.3) is 0 Å². The molecule has 1 saturated heterocycles. The highest BCUT2D eigenvalue weighted by Crippen LogP contribution is 2.31. The number of rotatable bonds is 5. The Morgan fingerprint density at radius 2 is 2.07 bits per heavy atom. The van der Waals surface area contributed by atoms with Gasteiger partial charge in [0.1, 0.15) is 5.75 Å². The lowest BCUT2D eigenvalue weighted by Gasteiger charge is -2.16. The summed E-state index contributed by atoms with van der Waals surface area (Å²) in [7, 11) is 1.64. The molecule has 1 atom stereocenters. The van der Waals surface area contributed by atoms with Gasteiger partial charge in [-0.2, -0.15) is 4.98 Å². The van der Waals surface area contributed by atoms with Crippen LogP contribution in [-0.2, 0) is 11.3 Å². The number of carbonyl (C=O) groups excluding carboxylic acids is 1. The summed E-state index contributed by atoms with van der Waals surface area (Å²) < 4.78 is 10.8. The summed E-state index contributed by atoms with van der Waals surface area (Å²) in [6.45, 7) is 5.19. The number of nitrogens with zero attached hydrogens (tertiary/aromatic N) is 3. The van der Waals surface area contributed by atoms with Crippen LogP contribution in [0.15, 0.2) is 47.0 Å². The molecule has 1 fully saturated rings. The molecule has 1 aromatic heterocycles. The van der Waals surface area contributed by atoms with Gasteiger partial charge in [-0.25, -0.2) is 0 Å². The number of hydrogen-bond acceptors (Lipinski definition) is 5. The highest BCUT2D eigenvalue weighted by atomic mass is 16.5. The fourth-order valence-electron chi connectivity index (χ4n) is 3.57. The molecule has 0 radical (unpaired) electrons. The van der Waals surface area contributed by atoms with Gasteiger partial charge in [-0.15, -0.1) is 0 Å². The van der Waals surface area contributed by atoms with Gasteiger partial charge in [0, 0.05) is 25.1 Å². The number of aromatic nitrogens is 2. The summed E-state index contributed by atoms with van der Waals surface area (Å²) in [6, 6.07) is 13.9. The van der Waals surface area contributed by atoms with E-state index in [1.54, 1.807) is 7.11 Å². The van der Waals surface area contributed by atoms with Gasteiger partial charge in [-0.3, -0.25) is 4.79 Å². The summed E-state index contributed by atoms with van der Waals surface area (Å²) in [6.07, 6.45) is 0.387. The Hall–Kier alpha value is -3.15. The maximum absolute atomic E-state index is 12.5. The molecule has 1 aliphatic rings. The normalized spacial score (nSPS) is 16.6. The van der Waals surface area contributed by atoms with Gasteiger partial charge in [-0.05, 0) is 43.2 Å². The van der Waals surface area contributed by atoms with Crippen molar-refractivity contribution in [1.29, 1.82) is 0 Å². The molecule has 6 nitrogen and oxygen atoms in total. The van der Waals surface area contributed by atoms with E-state index in [1.807, 2.05) is 43.0 Å². The van der Waals surface area contributed by atoms with Crippen LogP contribution in [0.1, 0.15) is 34.9 Å². The van der Waals surface area contributed by atoms with Crippen LogP contribution in [0.5, 0.6) is 5.75 Å². The van der Waals surface area contributed by atoms with Crippen LogP contribution >= 0.6 is 0 Å². The Morgan fingerprint density at radius 3 is 2.89 bits per heavy atom. The van der Waals surface area contributed by atoms with Crippen LogP contribution in [0, 0.1) is 13.8 Å². The molecule has 0 saturated carbocycles. The molecule has 2 heterocycles. The number of aryl methyl sites for hydroxylation is 2. The molecular weight excluding hydrogens is 354 g/mol. The van der Waals surface area contributed by atoms with E-state index in [2.05, 4.69) is 28.3 Å². The zero-order valence-electron chi connectivity index (χ0n) is 16.3. The van der Waals surface area contributed by atoms with Crippen LogP contribution in [-0.4, -0.2) is 34.6 Å². The third kappa shape index (κ3) is 3.63. The first-order valence-electron chi connectivity index (χ1n) is 9.35. The largest absolute Gasteiger partial charge is 0.497 e. The Labute approximate surface area is 164 Å². The summed E-state index contributed by atoms with van der Waals surface area (Å²) in [5.41, 5.74) is 4.25. The number of likely N-dealkylation sites (tertiary alicyclic amines) is 1. The number of carbonyl (C=O) groups is 1. The molecule has 1 unspecified atom stereocenters. The first kappa shape index (κ1) is 18.2. The van der Waals surface area contributed by atoms with Crippen molar-refractivity contribution < 1.29 is 14.1 Å². The maximum atomic E-state index is 12.5. The average Bonchev–Trinajstić information content (AvgIpc) is 3.31. The number of methoxy groups -OCH3 is 1. The molecule has 0 aliphatic carbocycles. The van der Waals surface area contributed by atoms with Gasteiger partial charge >= 0.3 is 0 Å². The number of amides is 1. The lowest BCUT2D eigenvalue weighted by molar-refractivity contribution is -0.128. The Morgan fingerprint density at radius 1 is 1.21 bits per heavy atom. The average molecular weight is 377 g/mol. The molecule has 0 spiro atoms. The van der Waals surface area contributed by atoms with Crippen molar-refractivity contribution in [1.82, 2.24) is 15.0 Å². The van der Waals surface area contributed by atoms with E-state index in [9.17, 15) is 4.79 Å². The SMILES string of the molecule is COc1cccc(CN2CC(c3nc(-c4cc(C)ccc4C)no3)CC2=O)c1. The lowest BCUT2D eigenvalue weighted by atomic mass is 10.1. The molecular formula is C22H23N3O3. The third-order valence-corrected chi connectivity index (χ3v) is 5.15. The van der Waals surface area contributed by atoms with Crippen molar-refractivity contribution >= 4 is 5.91 Å². The highest BCUT2D eigenvalue weighted by Gasteiger charge is 2.34. The number of benzene rings is 2. The van der Waals surface area contributed by atoms with Crippen molar-refractivity contribution in [2.24, 2.45) is 0 Å². The van der Waals surface area contributed by atoms with Crippen LogP contribution < -0.4 is 4.74 Å². The minimum Gasteiger partial charge on any atom is -0.497 e. The topological polar surface area (TPSA) is 68.5 Å². The summed E-state index contributed by atoms with van der Waals surface area (Å²) in [5, 5.41) is 4.16. The third-order valence-electron chi connectivity index (χ3n) is 5.15. The minimum atomic E-state index is -0.0792. The van der Waals surface area contributed by atoms with Crippen LogP contribution in [0.25, 0.3) is 11.4 Å². The van der Waals surface area contributed by atoms with Gasteiger partial charge in [0.05, 0.1) is 13.0 Å². The summed E-state index contributed by atoms with van der Waals surface area (Å²) in [4.78, 5) is 18.9. The lowest BCUT2D eigenvalue weighted by Crippen LogP contribution is -2.24. The quantitative estimate of drug-likeness (QED) is 0.675. The predicted molar refractivity (Wildman–Crippen MR) is 105 cm³/mol.